The molecule has 2 fully saturated rings. The van der Waals surface area contributed by atoms with Crippen LogP contribution in [0.1, 0.15) is 16.9 Å². The third-order valence-electron chi connectivity index (χ3n) is 4.81. The van der Waals surface area contributed by atoms with Gasteiger partial charge in [0.2, 0.25) is 0 Å². The minimum absolute atomic E-state index is 0.413. The van der Waals surface area contributed by atoms with Gasteiger partial charge in [-0.25, -0.2) is 0 Å². The third-order valence-corrected chi connectivity index (χ3v) is 5.75. The molecule has 1 aromatic rings. The minimum atomic E-state index is -0.413. The molecule has 0 bridgehead atoms. The summed E-state index contributed by atoms with van der Waals surface area (Å²) in [5, 5.41) is 5.58. The summed E-state index contributed by atoms with van der Waals surface area (Å²) >= 11 is 1.85. The summed E-state index contributed by atoms with van der Waals surface area (Å²) in [7, 11) is 0. The van der Waals surface area contributed by atoms with Crippen molar-refractivity contribution in [3.8, 4) is 0 Å². The van der Waals surface area contributed by atoms with E-state index >= 15 is 0 Å². The van der Waals surface area contributed by atoms with Crippen LogP contribution in [0.25, 0.3) is 0 Å². The second kappa shape index (κ2) is 5.39. The molecule has 1 unspecified atom stereocenters. The number of nitrogens with zero attached hydrogens (tertiary/aromatic N) is 1. The molecular weight excluding hydrogens is 272 g/mol. The van der Waals surface area contributed by atoms with E-state index in [2.05, 4.69) is 21.7 Å². The van der Waals surface area contributed by atoms with E-state index in [9.17, 15) is 0 Å². The number of thiophene rings is 1. The molecule has 1 aromatic heterocycles. The fourth-order valence-electron chi connectivity index (χ4n) is 3.77. The number of piperazine rings is 1. The van der Waals surface area contributed by atoms with Crippen LogP contribution in [0.2, 0.25) is 0 Å². The van der Waals surface area contributed by atoms with Crippen molar-refractivity contribution in [2.45, 2.75) is 18.6 Å². The molecule has 0 radical (unpaired) electrons. The summed E-state index contributed by atoms with van der Waals surface area (Å²) in [6, 6.07) is 2.20. The summed E-state index contributed by atoms with van der Waals surface area (Å²) in [4.78, 5) is 4.03. The normalized spacial score (nSPS) is 29.1. The standard InChI is InChI=1S/C15H22N2O2S/c1(5-17-6-3-16-4-7-17)12-11-14-13(2-10-20-14)15(12)18-8-9-19-15/h2,10,12,16H,1,3-9,11H2. The van der Waals surface area contributed by atoms with E-state index in [1.54, 1.807) is 0 Å². The van der Waals surface area contributed by atoms with Gasteiger partial charge in [-0.2, -0.15) is 0 Å². The van der Waals surface area contributed by atoms with Crippen molar-refractivity contribution in [1.29, 1.82) is 0 Å². The zero-order chi connectivity index (χ0) is 13.4. The average Bonchev–Trinajstić information content (AvgIpc) is 3.18. The van der Waals surface area contributed by atoms with Gasteiger partial charge in [-0.15, -0.1) is 11.3 Å². The van der Waals surface area contributed by atoms with E-state index in [1.165, 1.54) is 30.0 Å². The van der Waals surface area contributed by atoms with Gasteiger partial charge < -0.3 is 19.7 Å². The molecule has 0 amide bonds. The first-order valence-corrected chi connectivity index (χ1v) is 8.54. The van der Waals surface area contributed by atoms with Gasteiger partial charge in [-0.05, 0) is 30.8 Å². The van der Waals surface area contributed by atoms with Gasteiger partial charge in [0.1, 0.15) is 0 Å². The molecule has 4 nitrogen and oxygen atoms in total. The lowest BCUT2D eigenvalue weighted by molar-refractivity contribution is -0.198. The highest BCUT2D eigenvalue weighted by Crippen LogP contribution is 2.50. The van der Waals surface area contributed by atoms with Crippen molar-refractivity contribution in [2.75, 3.05) is 45.9 Å². The quantitative estimate of drug-likeness (QED) is 0.914. The summed E-state index contributed by atoms with van der Waals surface area (Å²) in [5.74, 6) is 0.0750. The lowest BCUT2D eigenvalue weighted by Gasteiger charge is -2.33. The predicted octanol–water partition coefficient (Wildman–Crippen LogP) is 1.42. The Morgan fingerprint density at radius 3 is 2.90 bits per heavy atom. The van der Waals surface area contributed by atoms with Crippen LogP contribution in [0.4, 0.5) is 0 Å². The van der Waals surface area contributed by atoms with Crippen LogP contribution in [0.3, 0.4) is 0 Å². The number of nitrogens with one attached hydrogen (secondary N) is 1. The molecule has 5 heteroatoms. The molecule has 110 valence electrons. The Morgan fingerprint density at radius 1 is 1.30 bits per heavy atom. The first-order valence-electron chi connectivity index (χ1n) is 7.66. The van der Waals surface area contributed by atoms with Crippen molar-refractivity contribution in [2.24, 2.45) is 5.92 Å². The largest absolute Gasteiger partial charge is 0.343 e. The molecule has 2 aliphatic heterocycles. The Morgan fingerprint density at radius 2 is 2.10 bits per heavy atom. The summed E-state index contributed by atoms with van der Waals surface area (Å²) in [6.07, 6.45) is 2.29. The molecule has 0 aromatic carbocycles. The minimum Gasteiger partial charge on any atom is -0.343 e. The van der Waals surface area contributed by atoms with Gasteiger partial charge in [0.05, 0.1) is 13.2 Å². The van der Waals surface area contributed by atoms with Crippen molar-refractivity contribution in [1.82, 2.24) is 10.2 Å². The Hall–Kier alpha value is -0.460. The van der Waals surface area contributed by atoms with Crippen molar-refractivity contribution >= 4 is 11.3 Å². The predicted molar refractivity (Wildman–Crippen MR) is 79.0 cm³/mol. The maximum atomic E-state index is 6.09. The number of hydrogen-bond donors (Lipinski definition) is 1. The monoisotopic (exact) mass is 294 g/mol. The van der Waals surface area contributed by atoms with E-state index in [0.717, 1.165) is 39.3 Å². The molecule has 2 saturated heterocycles. The van der Waals surface area contributed by atoms with Gasteiger partial charge in [0.15, 0.2) is 5.79 Å². The molecular formula is C15H22N2O2S. The summed E-state index contributed by atoms with van der Waals surface area (Å²) in [6.45, 7) is 7.22. The van der Waals surface area contributed by atoms with Gasteiger partial charge in [-0.3, -0.25) is 0 Å². The molecule has 3 heterocycles. The highest BCUT2D eigenvalue weighted by Gasteiger charge is 2.52. The van der Waals surface area contributed by atoms with Gasteiger partial charge in [0.25, 0.3) is 0 Å². The second-order valence-corrected chi connectivity index (χ2v) is 6.90. The van der Waals surface area contributed by atoms with E-state index in [0.29, 0.717) is 5.92 Å². The molecule has 4 rings (SSSR count). The Labute approximate surface area is 124 Å². The Balaban J connectivity index is 1.46. The Bertz CT molecular complexity index is 464. The second-order valence-electron chi connectivity index (χ2n) is 5.90. The van der Waals surface area contributed by atoms with Crippen LogP contribution >= 0.6 is 11.3 Å². The first kappa shape index (κ1) is 13.2. The van der Waals surface area contributed by atoms with Crippen molar-refractivity contribution in [3.63, 3.8) is 0 Å². The number of hydrogen-bond acceptors (Lipinski definition) is 5. The first-order chi connectivity index (χ1) is 9.88. The van der Waals surface area contributed by atoms with Crippen LogP contribution < -0.4 is 5.32 Å². The topological polar surface area (TPSA) is 33.7 Å². The van der Waals surface area contributed by atoms with Crippen LogP contribution in [0, 0.1) is 5.92 Å². The SMILES string of the molecule is c1cc2c(s1)CC(CCN1CCNCC1)C21OCCO1. The van der Waals surface area contributed by atoms with Crippen LogP contribution in [0.5, 0.6) is 0 Å². The highest BCUT2D eigenvalue weighted by molar-refractivity contribution is 7.10. The molecule has 1 spiro atoms. The zero-order valence-electron chi connectivity index (χ0n) is 11.8. The van der Waals surface area contributed by atoms with Gasteiger partial charge >= 0.3 is 0 Å². The summed E-state index contributed by atoms with van der Waals surface area (Å²) < 4.78 is 12.2. The molecule has 20 heavy (non-hydrogen) atoms. The van der Waals surface area contributed by atoms with Gasteiger partial charge in [0, 0.05) is 42.5 Å². The maximum absolute atomic E-state index is 6.09. The lowest BCUT2D eigenvalue weighted by Crippen LogP contribution is -2.45. The molecule has 0 saturated carbocycles. The lowest BCUT2D eigenvalue weighted by atomic mass is 9.95. The van der Waals surface area contributed by atoms with Gasteiger partial charge in [-0.1, -0.05) is 0 Å². The van der Waals surface area contributed by atoms with E-state index in [4.69, 9.17) is 9.47 Å². The molecule has 3 aliphatic rings. The van der Waals surface area contributed by atoms with Crippen molar-refractivity contribution in [3.05, 3.63) is 21.9 Å². The maximum Gasteiger partial charge on any atom is 0.199 e. The zero-order valence-corrected chi connectivity index (χ0v) is 12.6. The van der Waals surface area contributed by atoms with Crippen LogP contribution in [-0.2, 0) is 21.7 Å². The fraction of sp³-hybridized carbons (Fsp3) is 0.733. The Kier molecular flexibility index (Phi) is 3.56. The van der Waals surface area contributed by atoms with Crippen LogP contribution in [-0.4, -0.2) is 50.8 Å². The number of fused-ring (bicyclic) bond motifs is 2. The van der Waals surface area contributed by atoms with Crippen molar-refractivity contribution < 1.29 is 9.47 Å². The smallest absolute Gasteiger partial charge is 0.199 e. The number of rotatable bonds is 3. The molecule has 1 N–H and O–H groups in total. The molecule has 1 aliphatic carbocycles. The average molecular weight is 294 g/mol. The summed E-state index contributed by atoms with van der Waals surface area (Å²) in [5.41, 5.74) is 1.31. The van der Waals surface area contributed by atoms with E-state index < -0.39 is 5.79 Å². The third kappa shape index (κ3) is 2.12. The highest BCUT2D eigenvalue weighted by atomic mass is 32.1. The van der Waals surface area contributed by atoms with E-state index in [-0.39, 0.29) is 0 Å². The number of ether oxygens (including phenoxy) is 2. The fourth-order valence-corrected chi connectivity index (χ4v) is 4.78. The molecule has 1 atom stereocenters. The van der Waals surface area contributed by atoms with Crippen LogP contribution in [0.15, 0.2) is 11.4 Å². The van der Waals surface area contributed by atoms with E-state index in [1.807, 2.05) is 11.3 Å².